The second-order valence-corrected chi connectivity index (χ2v) is 4.91. The minimum absolute atomic E-state index is 0.198. The molecule has 0 aromatic heterocycles. The highest BCUT2D eigenvalue weighted by Crippen LogP contribution is 2.20. The molecule has 0 bridgehead atoms. The van der Waals surface area contributed by atoms with Crippen molar-refractivity contribution in [1.82, 2.24) is 5.32 Å². The smallest absolute Gasteiger partial charge is 0.251 e. The molecule has 1 amide bonds. The average molecular weight is 265 g/mol. The van der Waals surface area contributed by atoms with Gasteiger partial charge in [-0.15, -0.1) is 0 Å². The van der Waals surface area contributed by atoms with Gasteiger partial charge in [0, 0.05) is 49.5 Å². The van der Waals surface area contributed by atoms with E-state index < -0.39 is 5.60 Å². The Morgan fingerprint density at radius 1 is 1.26 bits per heavy atom. The second-order valence-electron chi connectivity index (χ2n) is 4.91. The molecule has 1 fully saturated rings. The van der Waals surface area contributed by atoms with Crippen molar-refractivity contribution in [3.05, 3.63) is 23.8 Å². The summed E-state index contributed by atoms with van der Waals surface area (Å²) in [6, 6.07) is 4.70. The van der Waals surface area contributed by atoms with E-state index in [0.29, 0.717) is 43.0 Å². The predicted octanol–water partition coefficient (Wildman–Crippen LogP) is 0.122. The van der Waals surface area contributed by atoms with Gasteiger partial charge in [-0.25, -0.2) is 0 Å². The summed E-state index contributed by atoms with van der Waals surface area (Å²) in [6.07, 6.45) is 1.04. The zero-order chi connectivity index (χ0) is 13.9. The molecule has 2 rings (SSSR count). The highest BCUT2D eigenvalue weighted by molar-refractivity contribution is 5.96. The molecule has 0 unspecified atom stereocenters. The van der Waals surface area contributed by atoms with Crippen molar-refractivity contribution in [1.29, 1.82) is 0 Å². The van der Waals surface area contributed by atoms with Crippen molar-refractivity contribution in [2.45, 2.75) is 18.4 Å². The lowest BCUT2D eigenvalue weighted by Gasteiger charge is -2.32. The molecule has 6 heteroatoms. The van der Waals surface area contributed by atoms with Gasteiger partial charge in [-0.05, 0) is 18.2 Å². The molecule has 0 atom stereocenters. The van der Waals surface area contributed by atoms with E-state index in [1.54, 1.807) is 18.2 Å². The van der Waals surface area contributed by atoms with Gasteiger partial charge in [0.2, 0.25) is 0 Å². The first-order chi connectivity index (χ1) is 8.98. The number of amides is 1. The lowest BCUT2D eigenvalue weighted by atomic mass is 9.94. The normalized spacial score (nSPS) is 17.9. The molecular weight excluding hydrogens is 246 g/mol. The lowest BCUT2D eigenvalue weighted by molar-refractivity contribution is -0.0605. The first-order valence-electron chi connectivity index (χ1n) is 6.23. The number of aliphatic hydroxyl groups is 1. The third-order valence-corrected chi connectivity index (χ3v) is 3.24. The molecule has 0 radical (unpaired) electrons. The van der Waals surface area contributed by atoms with Crippen molar-refractivity contribution >= 4 is 17.3 Å². The molecule has 1 saturated heterocycles. The predicted molar refractivity (Wildman–Crippen MR) is 72.6 cm³/mol. The summed E-state index contributed by atoms with van der Waals surface area (Å²) >= 11 is 0. The second kappa shape index (κ2) is 5.46. The van der Waals surface area contributed by atoms with Crippen molar-refractivity contribution in [2.24, 2.45) is 0 Å². The molecule has 6 N–H and O–H groups in total. The Morgan fingerprint density at radius 2 is 1.84 bits per heavy atom. The number of hydrogen-bond acceptors (Lipinski definition) is 5. The maximum Gasteiger partial charge on any atom is 0.251 e. The quantitative estimate of drug-likeness (QED) is 0.580. The number of anilines is 2. The standard InChI is InChI=1S/C13H19N3O3/c14-10-5-9(6-11(15)7-10)12(17)16-8-13(18)1-3-19-4-2-13/h5-7,18H,1-4,8,14-15H2,(H,16,17). The van der Waals surface area contributed by atoms with Crippen LogP contribution in [0.25, 0.3) is 0 Å². The van der Waals surface area contributed by atoms with Crippen LogP contribution < -0.4 is 16.8 Å². The van der Waals surface area contributed by atoms with Crippen LogP contribution in [-0.2, 0) is 4.74 Å². The van der Waals surface area contributed by atoms with Crippen LogP contribution in [0.4, 0.5) is 11.4 Å². The Balaban J connectivity index is 1.97. The Labute approximate surface area is 111 Å². The number of nitrogen functional groups attached to an aromatic ring is 2. The largest absolute Gasteiger partial charge is 0.399 e. The fraction of sp³-hybridized carbons (Fsp3) is 0.462. The number of carbonyl (C=O) groups excluding carboxylic acids is 1. The number of nitrogens with two attached hydrogens (primary N) is 2. The van der Waals surface area contributed by atoms with Gasteiger partial charge in [-0.2, -0.15) is 0 Å². The molecule has 1 heterocycles. The van der Waals surface area contributed by atoms with Crippen LogP contribution >= 0.6 is 0 Å². The molecule has 0 spiro atoms. The monoisotopic (exact) mass is 265 g/mol. The van der Waals surface area contributed by atoms with Gasteiger partial charge >= 0.3 is 0 Å². The number of ether oxygens (including phenoxy) is 1. The molecule has 6 nitrogen and oxygen atoms in total. The number of nitrogens with one attached hydrogen (secondary N) is 1. The van der Waals surface area contributed by atoms with E-state index in [1.807, 2.05) is 0 Å². The van der Waals surface area contributed by atoms with E-state index >= 15 is 0 Å². The number of benzene rings is 1. The van der Waals surface area contributed by atoms with Gasteiger partial charge in [0.15, 0.2) is 0 Å². The third kappa shape index (κ3) is 3.59. The van der Waals surface area contributed by atoms with Crippen LogP contribution in [0.1, 0.15) is 23.2 Å². The first-order valence-corrected chi connectivity index (χ1v) is 6.23. The van der Waals surface area contributed by atoms with Crippen molar-refractivity contribution in [3.8, 4) is 0 Å². The Kier molecular flexibility index (Phi) is 3.92. The highest BCUT2D eigenvalue weighted by atomic mass is 16.5. The number of hydrogen-bond donors (Lipinski definition) is 4. The van der Waals surface area contributed by atoms with Crippen LogP contribution in [0.15, 0.2) is 18.2 Å². The molecule has 104 valence electrons. The Bertz CT molecular complexity index is 450. The van der Waals surface area contributed by atoms with Crippen LogP contribution in [0.3, 0.4) is 0 Å². The maximum atomic E-state index is 12.0. The van der Waals surface area contributed by atoms with E-state index in [2.05, 4.69) is 5.32 Å². The summed E-state index contributed by atoms with van der Waals surface area (Å²) in [7, 11) is 0. The summed E-state index contributed by atoms with van der Waals surface area (Å²) < 4.78 is 5.18. The van der Waals surface area contributed by atoms with Crippen LogP contribution in [0.5, 0.6) is 0 Å². The van der Waals surface area contributed by atoms with Crippen LogP contribution in [-0.4, -0.2) is 36.4 Å². The SMILES string of the molecule is Nc1cc(N)cc(C(=O)NCC2(O)CCOCC2)c1. The number of rotatable bonds is 3. The van der Waals surface area contributed by atoms with E-state index in [9.17, 15) is 9.90 Å². The zero-order valence-electron chi connectivity index (χ0n) is 10.7. The summed E-state index contributed by atoms with van der Waals surface area (Å²) in [6.45, 7) is 1.22. The average Bonchev–Trinajstić information content (AvgIpc) is 2.36. The number of carbonyl (C=O) groups is 1. The molecular formula is C13H19N3O3. The zero-order valence-corrected chi connectivity index (χ0v) is 10.7. The minimum Gasteiger partial charge on any atom is -0.399 e. The van der Waals surface area contributed by atoms with Crippen molar-refractivity contribution in [2.75, 3.05) is 31.2 Å². The van der Waals surface area contributed by atoms with Crippen molar-refractivity contribution in [3.63, 3.8) is 0 Å². The molecule has 1 aromatic carbocycles. The third-order valence-electron chi connectivity index (χ3n) is 3.24. The van der Waals surface area contributed by atoms with Gasteiger partial charge in [0.25, 0.3) is 5.91 Å². The lowest BCUT2D eigenvalue weighted by Crippen LogP contribution is -2.46. The topological polar surface area (TPSA) is 111 Å². The van der Waals surface area contributed by atoms with Gasteiger partial charge in [-0.1, -0.05) is 0 Å². The summed E-state index contributed by atoms with van der Waals surface area (Å²) in [5, 5.41) is 12.9. The van der Waals surface area contributed by atoms with Gasteiger partial charge < -0.3 is 26.6 Å². The fourth-order valence-corrected chi connectivity index (χ4v) is 2.08. The first kappa shape index (κ1) is 13.6. The summed E-state index contributed by atoms with van der Waals surface area (Å²) in [5.41, 5.74) is 11.7. The van der Waals surface area contributed by atoms with Crippen molar-refractivity contribution < 1.29 is 14.6 Å². The highest BCUT2D eigenvalue weighted by Gasteiger charge is 2.30. The molecule has 0 saturated carbocycles. The Morgan fingerprint density at radius 3 is 2.42 bits per heavy atom. The maximum absolute atomic E-state index is 12.0. The van der Waals surface area contributed by atoms with E-state index in [-0.39, 0.29) is 12.5 Å². The molecule has 1 aromatic rings. The van der Waals surface area contributed by atoms with E-state index in [4.69, 9.17) is 16.2 Å². The van der Waals surface area contributed by atoms with Gasteiger partial charge in [0.05, 0.1) is 5.60 Å². The van der Waals surface area contributed by atoms with Crippen LogP contribution in [0, 0.1) is 0 Å². The summed E-state index contributed by atoms with van der Waals surface area (Å²) in [4.78, 5) is 12.0. The van der Waals surface area contributed by atoms with Crippen LogP contribution in [0.2, 0.25) is 0 Å². The van der Waals surface area contributed by atoms with Gasteiger partial charge in [0.1, 0.15) is 0 Å². The molecule has 19 heavy (non-hydrogen) atoms. The molecule has 0 aliphatic carbocycles. The summed E-state index contributed by atoms with van der Waals surface area (Å²) in [5.74, 6) is -0.293. The Hall–Kier alpha value is -1.79. The minimum atomic E-state index is -0.889. The molecule has 1 aliphatic heterocycles. The molecule has 1 aliphatic rings. The fourth-order valence-electron chi connectivity index (χ4n) is 2.08. The van der Waals surface area contributed by atoms with E-state index in [1.165, 1.54) is 0 Å². The van der Waals surface area contributed by atoms with E-state index in [0.717, 1.165) is 0 Å². The van der Waals surface area contributed by atoms with Gasteiger partial charge in [-0.3, -0.25) is 4.79 Å².